The van der Waals surface area contributed by atoms with Gasteiger partial charge in [0.05, 0.1) is 0 Å². The minimum atomic E-state index is 0.211. The van der Waals surface area contributed by atoms with Crippen LogP contribution in [0.4, 0.5) is 0 Å². The van der Waals surface area contributed by atoms with Gasteiger partial charge in [0.15, 0.2) is 5.82 Å². The average molecular weight is 201 g/mol. The summed E-state index contributed by atoms with van der Waals surface area (Å²) in [5, 5.41) is 21.6. The predicted molar refractivity (Wildman–Crippen MR) is 40.7 cm³/mol. The smallest absolute Gasteiger partial charge is 0.231 e. The Morgan fingerprint density at radius 1 is 1.23 bits per heavy atom. The SMILES string of the molecule is Cn1nnnc1Cn1nnnc1Cl. The first-order chi connectivity index (χ1) is 6.27. The van der Waals surface area contributed by atoms with Crippen LogP contribution in [0.3, 0.4) is 0 Å². The molecule has 2 aromatic heterocycles. The summed E-state index contributed by atoms with van der Waals surface area (Å²) in [6, 6.07) is 0. The van der Waals surface area contributed by atoms with Gasteiger partial charge in [0.25, 0.3) is 0 Å². The van der Waals surface area contributed by atoms with E-state index in [2.05, 4.69) is 31.1 Å². The van der Waals surface area contributed by atoms with Gasteiger partial charge in [-0.25, -0.2) is 9.36 Å². The van der Waals surface area contributed by atoms with Gasteiger partial charge >= 0.3 is 0 Å². The van der Waals surface area contributed by atoms with E-state index in [4.69, 9.17) is 11.6 Å². The summed E-state index contributed by atoms with van der Waals surface area (Å²) in [6.45, 7) is 0.356. The molecule has 2 heterocycles. The van der Waals surface area contributed by atoms with E-state index >= 15 is 0 Å². The van der Waals surface area contributed by atoms with Crippen molar-refractivity contribution in [2.24, 2.45) is 7.05 Å². The Balaban J connectivity index is 2.24. The molecular weight excluding hydrogens is 196 g/mol. The topological polar surface area (TPSA) is 87.2 Å². The molecule has 0 aliphatic rings. The van der Waals surface area contributed by atoms with Crippen molar-refractivity contribution in [2.45, 2.75) is 6.54 Å². The molecule has 68 valence electrons. The Hall–Kier alpha value is -1.57. The molecule has 0 unspecified atom stereocenters. The summed E-state index contributed by atoms with van der Waals surface area (Å²) in [7, 11) is 1.73. The summed E-state index contributed by atoms with van der Waals surface area (Å²) in [5.74, 6) is 0.634. The molecule has 0 saturated carbocycles. The second-order valence-electron chi connectivity index (χ2n) is 2.32. The largest absolute Gasteiger partial charge is 0.243 e. The molecule has 8 nitrogen and oxygen atoms in total. The Morgan fingerprint density at radius 3 is 2.54 bits per heavy atom. The van der Waals surface area contributed by atoms with Crippen LogP contribution in [0.1, 0.15) is 5.82 Å². The van der Waals surface area contributed by atoms with E-state index in [9.17, 15) is 0 Å². The van der Waals surface area contributed by atoms with Crippen molar-refractivity contribution < 1.29 is 0 Å². The van der Waals surface area contributed by atoms with Crippen molar-refractivity contribution in [3.05, 3.63) is 11.1 Å². The van der Waals surface area contributed by atoms with Crippen molar-refractivity contribution >= 4 is 11.6 Å². The molecule has 0 aliphatic carbocycles. The fourth-order valence-electron chi connectivity index (χ4n) is 0.806. The van der Waals surface area contributed by atoms with Gasteiger partial charge in [-0.15, -0.1) is 5.10 Å². The normalized spacial score (nSPS) is 10.6. The van der Waals surface area contributed by atoms with E-state index in [0.717, 1.165) is 0 Å². The lowest BCUT2D eigenvalue weighted by atomic mass is 10.6. The summed E-state index contributed by atoms with van der Waals surface area (Å²) in [4.78, 5) is 0. The van der Waals surface area contributed by atoms with E-state index in [1.54, 1.807) is 7.05 Å². The molecule has 0 amide bonds. The summed E-state index contributed by atoms with van der Waals surface area (Å²) >= 11 is 5.66. The summed E-state index contributed by atoms with van der Waals surface area (Å²) in [6.07, 6.45) is 0. The van der Waals surface area contributed by atoms with Crippen molar-refractivity contribution in [1.82, 2.24) is 40.4 Å². The quantitative estimate of drug-likeness (QED) is 0.612. The first kappa shape index (κ1) is 8.05. The maximum absolute atomic E-state index is 5.66. The zero-order valence-corrected chi connectivity index (χ0v) is 7.42. The molecule has 0 saturated heterocycles. The number of aryl methyl sites for hydroxylation is 1. The van der Waals surface area contributed by atoms with Crippen LogP contribution in [0.25, 0.3) is 0 Å². The number of rotatable bonds is 2. The van der Waals surface area contributed by atoms with E-state index in [0.29, 0.717) is 12.4 Å². The standard InChI is InChI=1S/C4H5ClN8/c1-12-3(6-8-10-12)2-13-4(5)7-9-11-13/h2H2,1H3. The van der Waals surface area contributed by atoms with Crippen molar-refractivity contribution in [3.8, 4) is 0 Å². The summed E-state index contributed by atoms with van der Waals surface area (Å²) in [5.41, 5.74) is 0. The van der Waals surface area contributed by atoms with Gasteiger partial charge in [-0.05, 0) is 32.5 Å². The molecule has 0 radical (unpaired) electrons. The van der Waals surface area contributed by atoms with Crippen molar-refractivity contribution in [1.29, 1.82) is 0 Å². The molecule has 0 spiro atoms. The minimum absolute atomic E-state index is 0.211. The van der Waals surface area contributed by atoms with Gasteiger partial charge < -0.3 is 0 Å². The number of aromatic nitrogens is 8. The van der Waals surface area contributed by atoms with Crippen LogP contribution >= 0.6 is 11.6 Å². The van der Waals surface area contributed by atoms with Crippen molar-refractivity contribution in [3.63, 3.8) is 0 Å². The molecule has 2 rings (SSSR count). The number of nitrogens with zero attached hydrogens (tertiary/aromatic N) is 8. The first-order valence-corrected chi connectivity index (χ1v) is 3.78. The van der Waals surface area contributed by atoms with Gasteiger partial charge in [-0.3, -0.25) is 0 Å². The minimum Gasteiger partial charge on any atom is -0.231 e. The third-order valence-corrected chi connectivity index (χ3v) is 1.76. The Bertz CT molecular complexity index is 365. The molecule has 0 atom stereocenters. The van der Waals surface area contributed by atoms with E-state index in [1.807, 2.05) is 0 Å². The van der Waals surface area contributed by atoms with Gasteiger partial charge in [0.2, 0.25) is 5.28 Å². The fraction of sp³-hybridized carbons (Fsp3) is 0.500. The molecule has 0 fully saturated rings. The highest BCUT2D eigenvalue weighted by atomic mass is 35.5. The Labute approximate surface area is 77.5 Å². The van der Waals surface area contributed by atoms with Crippen LogP contribution in [-0.4, -0.2) is 40.4 Å². The molecule has 0 aliphatic heterocycles. The second-order valence-corrected chi connectivity index (χ2v) is 2.66. The van der Waals surface area contributed by atoms with Crippen LogP contribution in [0.2, 0.25) is 5.28 Å². The maximum atomic E-state index is 5.66. The number of hydrogen-bond acceptors (Lipinski definition) is 6. The Kier molecular flexibility index (Phi) is 1.89. The summed E-state index contributed by atoms with van der Waals surface area (Å²) < 4.78 is 2.92. The zero-order chi connectivity index (χ0) is 9.26. The number of tetrazole rings is 2. The molecule has 0 aromatic carbocycles. The Morgan fingerprint density at radius 2 is 2.00 bits per heavy atom. The predicted octanol–water partition coefficient (Wildman–Crippen LogP) is -1.10. The lowest BCUT2D eigenvalue weighted by molar-refractivity contribution is 0.588. The molecule has 13 heavy (non-hydrogen) atoms. The molecule has 2 aromatic rings. The maximum Gasteiger partial charge on any atom is 0.243 e. The number of halogens is 1. The molecule has 0 bridgehead atoms. The third-order valence-electron chi connectivity index (χ3n) is 1.49. The van der Waals surface area contributed by atoms with Crippen molar-refractivity contribution in [2.75, 3.05) is 0 Å². The van der Waals surface area contributed by atoms with Gasteiger partial charge in [0, 0.05) is 7.05 Å². The third kappa shape index (κ3) is 1.47. The van der Waals surface area contributed by atoms with E-state index in [1.165, 1.54) is 9.36 Å². The van der Waals surface area contributed by atoms with Crippen LogP contribution in [0.5, 0.6) is 0 Å². The van der Waals surface area contributed by atoms with Crippen LogP contribution < -0.4 is 0 Å². The van der Waals surface area contributed by atoms with Gasteiger partial charge in [-0.2, -0.15) is 0 Å². The fourth-order valence-corrected chi connectivity index (χ4v) is 0.934. The highest BCUT2D eigenvalue weighted by Gasteiger charge is 2.07. The van der Waals surface area contributed by atoms with Crippen LogP contribution in [0.15, 0.2) is 0 Å². The molecular formula is C4H5ClN8. The lowest BCUT2D eigenvalue weighted by Crippen LogP contribution is -2.08. The number of hydrogen-bond donors (Lipinski definition) is 0. The molecule has 0 N–H and O–H groups in total. The first-order valence-electron chi connectivity index (χ1n) is 3.40. The molecule has 9 heteroatoms. The highest BCUT2D eigenvalue weighted by molar-refractivity contribution is 6.28. The lowest BCUT2D eigenvalue weighted by Gasteiger charge is -1.97. The van der Waals surface area contributed by atoms with Gasteiger partial charge in [-0.1, -0.05) is 5.10 Å². The van der Waals surface area contributed by atoms with Crippen LogP contribution in [-0.2, 0) is 13.6 Å². The van der Waals surface area contributed by atoms with E-state index in [-0.39, 0.29) is 5.28 Å². The highest BCUT2D eigenvalue weighted by Crippen LogP contribution is 2.02. The van der Waals surface area contributed by atoms with Crippen LogP contribution in [0, 0.1) is 0 Å². The second kappa shape index (κ2) is 3.05. The average Bonchev–Trinajstić information content (AvgIpc) is 2.65. The monoisotopic (exact) mass is 200 g/mol. The van der Waals surface area contributed by atoms with Gasteiger partial charge in [0.1, 0.15) is 6.54 Å². The van der Waals surface area contributed by atoms with E-state index < -0.39 is 0 Å². The zero-order valence-electron chi connectivity index (χ0n) is 6.66.